The number of pyridine rings is 1. The van der Waals surface area contributed by atoms with Crippen LogP contribution in [0.25, 0.3) is 10.9 Å². The summed E-state index contributed by atoms with van der Waals surface area (Å²) in [5.74, 6) is -4.45. The van der Waals surface area contributed by atoms with E-state index in [4.69, 9.17) is 34.0 Å². The van der Waals surface area contributed by atoms with Gasteiger partial charge in [-0.05, 0) is 111 Å². The number of carboxylic acids is 2. The molecule has 0 saturated carbocycles. The van der Waals surface area contributed by atoms with Crippen LogP contribution in [-0.2, 0) is 35.1 Å². The Balaban J connectivity index is 0.00000157. The van der Waals surface area contributed by atoms with Crippen LogP contribution in [0.15, 0.2) is 36.5 Å². The number of hydrogen-bond acceptors (Lipinski definition) is 15. The third kappa shape index (κ3) is 16.5. The average molecular weight is 895 g/mol. The zero-order valence-corrected chi connectivity index (χ0v) is 39.5. The molecule has 2 saturated heterocycles. The molecule has 0 radical (unpaired) electrons. The monoisotopic (exact) mass is 895 g/mol. The van der Waals surface area contributed by atoms with E-state index in [0.29, 0.717) is 32.6 Å². The topological polar surface area (TPSA) is 252 Å². The first-order valence-corrected chi connectivity index (χ1v) is 22.1. The smallest absolute Gasteiger partial charge is 0.311 e. The maximum absolute atomic E-state index is 13.6. The van der Waals surface area contributed by atoms with Crippen LogP contribution in [0.2, 0.25) is 0 Å². The molecule has 0 bridgehead atoms. The molecule has 2 aromatic rings. The predicted octanol–water partition coefficient (Wildman–Crippen LogP) is 3.26. The van der Waals surface area contributed by atoms with E-state index in [9.17, 15) is 30.3 Å². The molecule has 0 unspecified atom stereocenters. The number of aliphatic hydroxyl groups excluding tert-OH is 3. The number of likely N-dealkylation sites (N-methyl/N-ethyl adjacent to an activating group) is 1. The molecule has 0 aliphatic carbocycles. The second-order valence-corrected chi connectivity index (χ2v) is 18.2. The molecule has 14 atom stereocenters. The number of carbonyl (C=O) groups is 3. The number of carbonyl (C=O) groups excluding carboxylic acids is 1. The van der Waals surface area contributed by atoms with E-state index in [2.05, 4.69) is 21.3 Å². The Labute approximate surface area is 373 Å². The van der Waals surface area contributed by atoms with Crippen molar-refractivity contribution in [3.05, 3.63) is 42.1 Å². The SMILES string of the molecule is CC(=O)O.CC(=O)O.CC[C@H]1OC(=O)[C@H](C)[C@@H](O)[C@H](C)[C@@H](O[C@@H]2O[C@H](C)C[C@H](N(C)C)[C@H]2O)[C@](C)(O)C[C@@H](C)CN(CCCNCc2ccnc3ccccc23)[C@H](C)[C@@H](O)[C@]1(C)O. The third-order valence-corrected chi connectivity index (χ3v) is 12.1. The number of rotatable bonds is 10. The summed E-state index contributed by atoms with van der Waals surface area (Å²) in [4.78, 5) is 40.2. The summed E-state index contributed by atoms with van der Waals surface area (Å²) >= 11 is 0. The van der Waals surface area contributed by atoms with Gasteiger partial charge in [-0.15, -0.1) is 0 Å². The number of aromatic nitrogens is 1. The highest BCUT2D eigenvalue weighted by atomic mass is 16.7. The molecular formula is C46H78N4O13. The van der Waals surface area contributed by atoms with Crippen molar-refractivity contribution in [2.75, 3.05) is 33.7 Å². The van der Waals surface area contributed by atoms with Crippen molar-refractivity contribution >= 4 is 28.8 Å². The number of esters is 1. The Bertz CT molecular complexity index is 1690. The molecule has 63 heavy (non-hydrogen) atoms. The molecular weight excluding hydrogens is 817 g/mol. The lowest BCUT2D eigenvalue weighted by molar-refractivity contribution is -0.299. The fraction of sp³-hybridized carbons (Fsp3) is 0.739. The van der Waals surface area contributed by atoms with Gasteiger partial charge in [-0.25, -0.2) is 0 Å². The van der Waals surface area contributed by atoms with E-state index in [1.807, 2.05) is 70.2 Å². The lowest BCUT2D eigenvalue weighted by atomic mass is 9.78. The lowest BCUT2D eigenvalue weighted by Gasteiger charge is -2.46. The normalized spacial score (nSPS) is 34.9. The number of nitrogens with one attached hydrogen (secondary N) is 1. The van der Waals surface area contributed by atoms with Gasteiger partial charge in [-0.1, -0.05) is 39.0 Å². The van der Waals surface area contributed by atoms with Crippen LogP contribution < -0.4 is 5.32 Å². The number of nitrogens with zero attached hydrogens (tertiary/aromatic N) is 3. The van der Waals surface area contributed by atoms with Crippen molar-refractivity contribution in [1.29, 1.82) is 0 Å². The van der Waals surface area contributed by atoms with Gasteiger partial charge in [0.15, 0.2) is 6.29 Å². The maximum atomic E-state index is 13.6. The number of para-hydroxylation sites is 1. The zero-order valence-electron chi connectivity index (χ0n) is 39.5. The van der Waals surface area contributed by atoms with Gasteiger partial charge in [0.05, 0.1) is 35.3 Å². The van der Waals surface area contributed by atoms with Crippen molar-refractivity contribution in [1.82, 2.24) is 20.1 Å². The van der Waals surface area contributed by atoms with Crippen LogP contribution in [0.1, 0.15) is 100 Å². The summed E-state index contributed by atoms with van der Waals surface area (Å²) in [7, 11) is 3.77. The van der Waals surface area contributed by atoms with E-state index in [0.717, 1.165) is 36.7 Å². The Hall–Kier alpha value is -3.36. The second-order valence-electron chi connectivity index (χ2n) is 18.2. The molecule has 0 spiro atoms. The highest BCUT2D eigenvalue weighted by Crippen LogP contribution is 2.37. The van der Waals surface area contributed by atoms with Crippen LogP contribution in [0.5, 0.6) is 0 Å². The minimum Gasteiger partial charge on any atom is -0.481 e. The summed E-state index contributed by atoms with van der Waals surface area (Å²) in [6.45, 7) is 18.5. The number of aliphatic hydroxyl groups is 5. The van der Waals surface area contributed by atoms with E-state index >= 15 is 0 Å². The fourth-order valence-corrected chi connectivity index (χ4v) is 8.84. The van der Waals surface area contributed by atoms with Crippen LogP contribution in [0.3, 0.4) is 0 Å². The molecule has 17 nitrogen and oxygen atoms in total. The number of carboxylic acid groups (broad SMARTS) is 2. The Morgan fingerprint density at radius 1 is 0.984 bits per heavy atom. The Morgan fingerprint density at radius 2 is 1.59 bits per heavy atom. The molecule has 4 rings (SSSR count). The second kappa shape index (κ2) is 25.4. The first-order valence-electron chi connectivity index (χ1n) is 22.1. The van der Waals surface area contributed by atoms with Gasteiger partial charge in [0.2, 0.25) is 0 Å². The summed E-state index contributed by atoms with van der Waals surface area (Å²) in [6, 6.07) is 9.24. The number of hydrogen-bond donors (Lipinski definition) is 8. The van der Waals surface area contributed by atoms with Gasteiger partial charge in [0.1, 0.15) is 23.9 Å². The Morgan fingerprint density at radius 3 is 2.17 bits per heavy atom. The molecule has 1 aromatic heterocycles. The van der Waals surface area contributed by atoms with Gasteiger partial charge in [0.25, 0.3) is 11.9 Å². The minimum atomic E-state index is -1.81. The quantitative estimate of drug-likeness (QED) is 0.126. The Kier molecular flexibility index (Phi) is 22.5. The summed E-state index contributed by atoms with van der Waals surface area (Å²) in [5.41, 5.74) is -1.27. The summed E-state index contributed by atoms with van der Waals surface area (Å²) in [5, 5.41) is 78.5. The third-order valence-electron chi connectivity index (χ3n) is 12.1. The highest BCUT2D eigenvalue weighted by molar-refractivity contribution is 5.81. The van der Waals surface area contributed by atoms with Gasteiger partial charge in [-0.3, -0.25) is 24.3 Å². The summed E-state index contributed by atoms with van der Waals surface area (Å²) < 4.78 is 18.5. The predicted molar refractivity (Wildman–Crippen MR) is 239 cm³/mol. The molecule has 8 N–H and O–H groups in total. The van der Waals surface area contributed by atoms with Crippen LogP contribution in [0.4, 0.5) is 0 Å². The molecule has 3 heterocycles. The van der Waals surface area contributed by atoms with Crippen molar-refractivity contribution in [3.63, 3.8) is 0 Å². The number of cyclic esters (lactones) is 1. The summed E-state index contributed by atoms with van der Waals surface area (Å²) in [6.07, 6.45) is -3.52. The number of ether oxygens (including phenoxy) is 3. The average Bonchev–Trinajstić information content (AvgIpc) is 3.19. The number of fused-ring (bicyclic) bond motifs is 1. The maximum Gasteiger partial charge on any atom is 0.311 e. The minimum absolute atomic E-state index is 0.158. The van der Waals surface area contributed by atoms with Gasteiger partial charge in [-0.2, -0.15) is 0 Å². The largest absolute Gasteiger partial charge is 0.481 e. The first-order chi connectivity index (χ1) is 29.3. The van der Waals surface area contributed by atoms with E-state index < -0.39 is 83.8 Å². The van der Waals surface area contributed by atoms with E-state index in [1.165, 1.54) is 6.92 Å². The van der Waals surface area contributed by atoms with E-state index in [-0.39, 0.29) is 30.9 Å². The number of benzene rings is 1. The van der Waals surface area contributed by atoms with E-state index in [1.54, 1.807) is 27.7 Å². The molecule has 2 aliphatic heterocycles. The fourth-order valence-electron chi connectivity index (χ4n) is 8.84. The molecule has 0 amide bonds. The first kappa shape index (κ1) is 55.8. The zero-order chi connectivity index (χ0) is 48.0. The lowest BCUT2D eigenvalue weighted by Crippen LogP contribution is -2.59. The molecule has 2 aliphatic rings. The van der Waals surface area contributed by atoms with Crippen molar-refractivity contribution in [3.8, 4) is 0 Å². The van der Waals surface area contributed by atoms with Gasteiger partial charge >= 0.3 is 5.97 Å². The molecule has 17 heteroatoms. The number of aliphatic carboxylic acids is 2. The molecule has 360 valence electrons. The van der Waals surface area contributed by atoms with Crippen LogP contribution in [0, 0.1) is 17.8 Å². The van der Waals surface area contributed by atoms with Crippen molar-refractivity contribution in [2.24, 2.45) is 17.8 Å². The van der Waals surface area contributed by atoms with Crippen LogP contribution >= 0.6 is 0 Å². The van der Waals surface area contributed by atoms with Gasteiger partial charge in [0, 0.05) is 56.5 Å². The van der Waals surface area contributed by atoms with Crippen LogP contribution in [-0.4, -0.2) is 168 Å². The molecule has 2 fully saturated rings. The van der Waals surface area contributed by atoms with Crippen molar-refractivity contribution in [2.45, 2.75) is 168 Å². The molecule has 1 aromatic carbocycles. The van der Waals surface area contributed by atoms with Crippen molar-refractivity contribution < 1.29 is 64.3 Å². The standard InChI is InChI=1S/C42H70N4O9.2C2H4O2/c1-11-34-42(8,52)37(49)29(6)46(20-14-18-43-23-30-17-19-44-32-16-13-12-15-31(30)32)24-25(2)22-41(7,51)38(27(4)35(47)28(5)39(50)54-34)55-40-36(48)33(45(9)10)21-26(3)53-40;2*1-2(3)4/h12-13,15-17,19,25-29,33-38,40,43,47-49,51-52H,11,14,18,20-24H2,1-10H3;2*1H3,(H,3,4)/t25-,26-,27+,28-,29-,33+,34-,35+,36-,37-,38-,40+,41-,42-;;/m1../s1. The van der Waals surface area contributed by atoms with Gasteiger partial charge < -0.3 is 60.2 Å². The highest BCUT2D eigenvalue weighted by Gasteiger charge is 2.50.